The summed E-state index contributed by atoms with van der Waals surface area (Å²) in [5.41, 5.74) is 3.45. The molecular weight excluding hydrogens is 355 g/mol. The molecule has 0 fully saturated rings. The number of nitrogens with one attached hydrogen (secondary N) is 1. The Bertz CT molecular complexity index is 1390. The summed E-state index contributed by atoms with van der Waals surface area (Å²) in [5.74, 6) is -0.363. The van der Waals surface area contributed by atoms with E-state index in [-0.39, 0.29) is 17.9 Å². The number of hydrogen-bond acceptors (Lipinski definition) is 3. The molecule has 2 heterocycles. The average Bonchev–Trinajstić information content (AvgIpc) is 3.20. The average molecular weight is 370 g/mol. The van der Waals surface area contributed by atoms with Crippen molar-refractivity contribution in [3.8, 4) is 11.1 Å². The molecule has 1 N–H and O–H groups in total. The van der Waals surface area contributed by atoms with Crippen molar-refractivity contribution < 1.29 is 4.39 Å². The van der Waals surface area contributed by atoms with Crippen LogP contribution in [0.2, 0.25) is 0 Å². The summed E-state index contributed by atoms with van der Waals surface area (Å²) in [6, 6.07) is 18.0. The van der Waals surface area contributed by atoms with E-state index in [0.29, 0.717) is 16.5 Å². The molecule has 0 radical (unpaired) electrons. The first-order chi connectivity index (χ1) is 13.7. The highest BCUT2D eigenvalue weighted by Crippen LogP contribution is 2.28. The van der Waals surface area contributed by atoms with Crippen LogP contribution in [-0.2, 0) is 6.54 Å². The number of benzene rings is 3. The summed E-state index contributed by atoms with van der Waals surface area (Å²) < 4.78 is 16.3. The van der Waals surface area contributed by atoms with Gasteiger partial charge < -0.3 is 0 Å². The van der Waals surface area contributed by atoms with Crippen LogP contribution in [-0.4, -0.2) is 19.7 Å². The largest absolute Gasteiger partial charge is 0.294 e. The molecule has 5 rings (SSSR count). The van der Waals surface area contributed by atoms with E-state index in [1.54, 1.807) is 30.5 Å². The van der Waals surface area contributed by atoms with Crippen LogP contribution in [0.25, 0.3) is 32.9 Å². The topological polar surface area (TPSA) is 63.6 Å². The van der Waals surface area contributed by atoms with Crippen molar-refractivity contribution in [2.24, 2.45) is 0 Å². The molecule has 0 aliphatic rings. The molecule has 3 aromatic carbocycles. The Morgan fingerprint density at radius 2 is 1.89 bits per heavy atom. The monoisotopic (exact) mass is 370 g/mol. The second-order valence-corrected chi connectivity index (χ2v) is 6.64. The van der Waals surface area contributed by atoms with E-state index in [1.165, 1.54) is 17.0 Å². The molecule has 0 spiro atoms. The third-order valence-electron chi connectivity index (χ3n) is 4.92. The van der Waals surface area contributed by atoms with Crippen LogP contribution in [0.5, 0.6) is 0 Å². The molecule has 0 amide bonds. The van der Waals surface area contributed by atoms with E-state index in [2.05, 4.69) is 15.2 Å². The molecule has 6 heteroatoms. The molecule has 5 aromatic rings. The van der Waals surface area contributed by atoms with Gasteiger partial charge in [-0.2, -0.15) is 5.10 Å². The zero-order valence-corrected chi connectivity index (χ0v) is 14.8. The number of H-pyrrole nitrogens is 1. The van der Waals surface area contributed by atoms with Crippen LogP contribution in [0.3, 0.4) is 0 Å². The molecule has 0 saturated carbocycles. The first kappa shape index (κ1) is 16.4. The van der Waals surface area contributed by atoms with Gasteiger partial charge in [0.25, 0.3) is 5.56 Å². The maximum Gasteiger partial charge on any atom is 0.261 e. The summed E-state index contributed by atoms with van der Waals surface area (Å²) in [6.45, 7) is 0.124. The summed E-state index contributed by atoms with van der Waals surface area (Å²) in [6.07, 6.45) is 3.20. The molecule has 136 valence electrons. The number of hydrogen-bond donors (Lipinski definition) is 1. The fourth-order valence-electron chi connectivity index (χ4n) is 3.47. The fourth-order valence-corrected chi connectivity index (χ4v) is 3.47. The Balaban J connectivity index is 1.53. The van der Waals surface area contributed by atoms with Gasteiger partial charge in [-0.1, -0.05) is 36.4 Å². The maximum absolute atomic E-state index is 14.8. The predicted molar refractivity (Wildman–Crippen MR) is 107 cm³/mol. The minimum absolute atomic E-state index is 0.124. The summed E-state index contributed by atoms with van der Waals surface area (Å²) in [5, 5.41) is 8.43. The maximum atomic E-state index is 14.8. The highest BCUT2D eigenvalue weighted by Gasteiger charge is 2.11. The van der Waals surface area contributed by atoms with Gasteiger partial charge in [0.2, 0.25) is 0 Å². The standard InChI is InChI=1S/C22H15FN4O/c23-19-10-14(16-5-3-7-21-18(16)11-25-26-21)8-9-15(19)12-27-13-24-20-6-2-1-4-17(20)22(27)28/h1-11,13H,12H2,(H,25,26). The van der Waals surface area contributed by atoms with Crippen molar-refractivity contribution in [1.29, 1.82) is 0 Å². The second-order valence-electron chi connectivity index (χ2n) is 6.64. The Hall–Kier alpha value is -3.80. The molecule has 0 atom stereocenters. The molecular formula is C22H15FN4O. The van der Waals surface area contributed by atoms with Crippen molar-refractivity contribution >= 4 is 21.8 Å². The van der Waals surface area contributed by atoms with Gasteiger partial charge in [-0.15, -0.1) is 0 Å². The Morgan fingerprint density at radius 1 is 1.00 bits per heavy atom. The van der Waals surface area contributed by atoms with Crippen LogP contribution >= 0.6 is 0 Å². The molecule has 28 heavy (non-hydrogen) atoms. The molecule has 0 bridgehead atoms. The number of para-hydroxylation sites is 1. The smallest absolute Gasteiger partial charge is 0.261 e. The predicted octanol–water partition coefficient (Wildman–Crippen LogP) is 4.13. The SMILES string of the molecule is O=c1c2ccccc2ncn1Cc1ccc(-c2cccc3[nH]ncc23)cc1F. The lowest BCUT2D eigenvalue weighted by atomic mass is 10.0. The number of halogens is 1. The van der Waals surface area contributed by atoms with Gasteiger partial charge in [0.1, 0.15) is 5.82 Å². The molecule has 0 unspecified atom stereocenters. The van der Waals surface area contributed by atoms with E-state index in [0.717, 1.165) is 22.0 Å². The van der Waals surface area contributed by atoms with Gasteiger partial charge in [0, 0.05) is 10.9 Å². The van der Waals surface area contributed by atoms with Gasteiger partial charge in [0.15, 0.2) is 0 Å². The van der Waals surface area contributed by atoms with Gasteiger partial charge in [0.05, 0.1) is 35.5 Å². The third kappa shape index (κ3) is 2.66. The second kappa shape index (κ2) is 6.42. The number of fused-ring (bicyclic) bond motifs is 2. The van der Waals surface area contributed by atoms with E-state index < -0.39 is 0 Å². The zero-order valence-electron chi connectivity index (χ0n) is 14.8. The van der Waals surface area contributed by atoms with Crippen molar-refractivity contribution in [2.75, 3.05) is 0 Å². The van der Waals surface area contributed by atoms with Crippen molar-refractivity contribution in [2.45, 2.75) is 6.54 Å². The lowest BCUT2D eigenvalue weighted by molar-refractivity contribution is 0.596. The molecule has 0 aliphatic heterocycles. The third-order valence-corrected chi connectivity index (χ3v) is 4.92. The Labute approximate surface area is 159 Å². The first-order valence-electron chi connectivity index (χ1n) is 8.86. The lowest BCUT2D eigenvalue weighted by Crippen LogP contribution is -2.21. The zero-order chi connectivity index (χ0) is 19.1. The number of aromatic nitrogens is 4. The highest BCUT2D eigenvalue weighted by atomic mass is 19.1. The highest BCUT2D eigenvalue weighted by molar-refractivity contribution is 5.94. The van der Waals surface area contributed by atoms with Crippen LogP contribution < -0.4 is 5.56 Å². The lowest BCUT2D eigenvalue weighted by Gasteiger charge is -2.10. The quantitative estimate of drug-likeness (QED) is 0.519. The normalized spacial score (nSPS) is 11.3. The Kier molecular flexibility index (Phi) is 3.76. The van der Waals surface area contributed by atoms with Crippen LogP contribution in [0.1, 0.15) is 5.56 Å². The van der Waals surface area contributed by atoms with E-state index >= 15 is 0 Å². The fraction of sp³-hybridized carbons (Fsp3) is 0.0455. The molecule has 2 aromatic heterocycles. The minimum atomic E-state index is -0.363. The van der Waals surface area contributed by atoms with Gasteiger partial charge >= 0.3 is 0 Å². The van der Waals surface area contributed by atoms with Gasteiger partial charge in [-0.05, 0) is 35.4 Å². The van der Waals surface area contributed by atoms with E-state index in [1.807, 2.05) is 30.3 Å². The van der Waals surface area contributed by atoms with Crippen LogP contribution in [0.4, 0.5) is 4.39 Å². The Morgan fingerprint density at radius 3 is 2.79 bits per heavy atom. The van der Waals surface area contributed by atoms with Crippen molar-refractivity contribution in [3.63, 3.8) is 0 Å². The molecule has 0 saturated heterocycles. The first-order valence-corrected chi connectivity index (χ1v) is 8.86. The molecule has 5 nitrogen and oxygen atoms in total. The minimum Gasteiger partial charge on any atom is -0.294 e. The van der Waals surface area contributed by atoms with E-state index in [9.17, 15) is 9.18 Å². The molecule has 0 aliphatic carbocycles. The summed E-state index contributed by atoms with van der Waals surface area (Å²) in [7, 11) is 0. The number of rotatable bonds is 3. The number of aromatic amines is 1. The van der Waals surface area contributed by atoms with Crippen LogP contribution in [0.15, 0.2) is 78.0 Å². The van der Waals surface area contributed by atoms with Crippen LogP contribution in [0, 0.1) is 5.82 Å². The summed E-state index contributed by atoms with van der Waals surface area (Å²) in [4.78, 5) is 16.9. The summed E-state index contributed by atoms with van der Waals surface area (Å²) >= 11 is 0. The van der Waals surface area contributed by atoms with Crippen molar-refractivity contribution in [1.82, 2.24) is 19.7 Å². The van der Waals surface area contributed by atoms with Gasteiger partial charge in [-0.25, -0.2) is 9.37 Å². The van der Waals surface area contributed by atoms with E-state index in [4.69, 9.17) is 0 Å². The number of nitrogens with zero attached hydrogens (tertiary/aromatic N) is 3. The van der Waals surface area contributed by atoms with Crippen molar-refractivity contribution in [3.05, 3.63) is 94.9 Å². The van der Waals surface area contributed by atoms with Gasteiger partial charge in [-0.3, -0.25) is 14.5 Å².